The average molecular weight is 1160 g/mol. The number of ether oxygens (including phenoxy) is 5. The van der Waals surface area contributed by atoms with Gasteiger partial charge in [-0.05, 0) is 64.2 Å². The summed E-state index contributed by atoms with van der Waals surface area (Å²) in [5, 5.41) is 114. The molecule has 0 aliphatic carbocycles. The summed E-state index contributed by atoms with van der Waals surface area (Å²) in [5.74, 6) is -5.03. The molecule has 470 valence electrons. The van der Waals surface area contributed by atoms with E-state index in [2.05, 4.69) is 0 Å². The Morgan fingerprint density at radius 3 is 0.963 bits per heavy atom. The maximum Gasteiger partial charge on any atom is 0.308 e. The predicted octanol–water partition coefficient (Wildman–Crippen LogP) is 4.54. The van der Waals surface area contributed by atoms with Gasteiger partial charge in [-0.2, -0.15) is 0 Å². The Morgan fingerprint density at radius 1 is 0.338 bits per heavy atom. The predicted molar refractivity (Wildman–Crippen MR) is 294 cm³/mol. The van der Waals surface area contributed by atoms with Crippen molar-refractivity contribution in [1.82, 2.24) is 0 Å². The molecule has 0 rings (SSSR count). The van der Waals surface area contributed by atoms with E-state index >= 15 is 0 Å². The van der Waals surface area contributed by atoms with Gasteiger partial charge in [-0.3, -0.25) is 28.8 Å². The number of rotatable bonds is 51. The highest BCUT2D eigenvalue weighted by molar-refractivity contribution is 5.84. The van der Waals surface area contributed by atoms with Gasteiger partial charge in [-0.25, -0.2) is 0 Å². The maximum absolute atomic E-state index is 13.4. The van der Waals surface area contributed by atoms with E-state index in [1.807, 2.05) is 34.6 Å². The van der Waals surface area contributed by atoms with E-state index in [4.69, 9.17) is 28.8 Å². The van der Waals surface area contributed by atoms with Gasteiger partial charge in [0, 0.05) is 39.0 Å². The normalized spacial score (nSPS) is 17.4. The zero-order chi connectivity index (χ0) is 60.6. The molecule has 0 amide bonds. The SMILES string of the molecule is CCCCCC(O)CC(O)CC(=O)OC(CCCCC)CC(O)CC(=O)OC(CCCCC)CC(O)CC(=O)OC(CCCCC)CC(O)CC(=O)OC(CCCCC)CC(CC(=O)C(O)C(O)C(O)C(O)C(O)CO)OC(C)=O. The average Bonchev–Trinajstić information content (AvgIpc) is 3.36. The number of ketones is 1. The number of unbranched alkanes of at least 4 members (excludes halogenated alkanes) is 10. The third-order valence-electron chi connectivity index (χ3n) is 13.8. The monoisotopic (exact) mass is 1150 g/mol. The van der Waals surface area contributed by atoms with Crippen LogP contribution in [0.15, 0.2) is 0 Å². The van der Waals surface area contributed by atoms with Crippen LogP contribution in [-0.2, 0) is 52.5 Å². The largest absolute Gasteiger partial charge is 0.462 e. The molecule has 0 aliphatic rings. The smallest absolute Gasteiger partial charge is 0.308 e. The zero-order valence-electron chi connectivity index (χ0n) is 49.0. The summed E-state index contributed by atoms with van der Waals surface area (Å²) in [6, 6.07) is 0. The van der Waals surface area contributed by atoms with Gasteiger partial charge in [-0.15, -0.1) is 0 Å². The number of aliphatic hydroxyl groups excluding tert-OH is 11. The summed E-state index contributed by atoms with van der Waals surface area (Å²) in [5.41, 5.74) is 0. The zero-order valence-corrected chi connectivity index (χ0v) is 49.0. The van der Waals surface area contributed by atoms with Crippen LogP contribution in [0.5, 0.6) is 0 Å². The Kier molecular flexibility index (Phi) is 44.0. The Balaban J connectivity index is 5.82. The van der Waals surface area contributed by atoms with Gasteiger partial charge in [0.2, 0.25) is 0 Å². The summed E-state index contributed by atoms with van der Waals surface area (Å²) in [7, 11) is 0. The lowest BCUT2D eigenvalue weighted by Gasteiger charge is -2.29. The van der Waals surface area contributed by atoms with Gasteiger partial charge >= 0.3 is 29.8 Å². The van der Waals surface area contributed by atoms with Crippen LogP contribution in [0.1, 0.15) is 234 Å². The second-order valence-electron chi connectivity index (χ2n) is 21.8. The molecule has 15 atom stereocenters. The highest BCUT2D eigenvalue weighted by Gasteiger charge is 2.38. The highest BCUT2D eigenvalue weighted by Crippen LogP contribution is 2.24. The Morgan fingerprint density at radius 2 is 0.650 bits per heavy atom. The van der Waals surface area contributed by atoms with Crippen molar-refractivity contribution < 1.29 is 109 Å². The van der Waals surface area contributed by atoms with E-state index < -0.39 is 159 Å². The molecule has 80 heavy (non-hydrogen) atoms. The number of hydrogen-bond donors (Lipinski definition) is 11. The van der Waals surface area contributed by atoms with Crippen molar-refractivity contribution >= 4 is 35.6 Å². The number of Topliss-reactive ketones (excluding diaryl/α,β-unsaturated/α-hetero) is 1. The third-order valence-corrected chi connectivity index (χ3v) is 13.8. The minimum absolute atomic E-state index is 0.0337. The summed E-state index contributed by atoms with van der Waals surface area (Å²) in [4.78, 5) is 77.9. The Labute approximate surface area is 475 Å². The molecule has 0 saturated carbocycles. The summed E-state index contributed by atoms with van der Waals surface area (Å²) in [6.07, 6.45) is -10.8. The first-order valence-corrected chi connectivity index (χ1v) is 29.8. The first kappa shape index (κ1) is 76.6. The van der Waals surface area contributed by atoms with Crippen LogP contribution in [0, 0.1) is 0 Å². The van der Waals surface area contributed by atoms with Crippen molar-refractivity contribution in [1.29, 1.82) is 0 Å². The van der Waals surface area contributed by atoms with Crippen molar-refractivity contribution in [3.63, 3.8) is 0 Å². The van der Waals surface area contributed by atoms with Crippen molar-refractivity contribution in [2.75, 3.05) is 6.61 Å². The molecule has 0 spiro atoms. The van der Waals surface area contributed by atoms with Crippen molar-refractivity contribution in [2.45, 2.75) is 326 Å². The fourth-order valence-electron chi connectivity index (χ4n) is 9.36. The fourth-order valence-corrected chi connectivity index (χ4v) is 9.36. The molecule has 22 nitrogen and oxygen atoms in total. The summed E-state index contributed by atoms with van der Waals surface area (Å²) >= 11 is 0. The van der Waals surface area contributed by atoms with Crippen LogP contribution >= 0.6 is 0 Å². The van der Waals surface area contributed by atoms with Crippen LogP contribution in [0.25, 0.3) is 0 Å². The van der Waals surface area contributed by atoms with Crippen LogP contribution in [0.2, 0.25) is 0 Å². The minimum atomic E-state index is -2.32. The molecule has 0 aromatic carbocycles. The minimum Gasteiger partial charge on any atom is -0.462 e. The van der Waals surface area contributed by atoms with E-state index in [0.717, 1.165) is 77.6 Å². The van der Waals surface area contributed by atoms with Crippen molar-refractivity contribution in [3.05, 3.63) is 0 Å². The number of esters is 5. The summed E-state index contributed by atoms with van der Waals surface area (Å²) < 4.78 is 28.2. The third kappa shape index (κ3) is 37.6. The molecule has 15 unspecified atom stereocenters. The molecule has 0 radical (unpaired) electrons. The molecule has 0 aromatic rings. The van der Waals surface area contributed by atoms with E-state index in [0.29, 0.717) is 51.4 Å². The first-order chi connectivity index (χ1) is 37.9. The van der Waals surface area contributed by atoms with Gasteiger partial charge in [0.25, 0.3) is 0 Å². The molecule has 0 fully saturated rings. The second kappa shape index (κ2) is 46.0. The number of aliphatic hydroxyl groups is 11. The number of carbonyl (C=O) groups excluding carboxylic acids is 6. The first-order valence-electron chi connectivity index (χ1n) is 29.8. The Bertz CT molecular complexity index is 1650. The maximum atomic E-state index is 13.4. The molecular weight excluding hydrogens is 1050 g/mol. The molecule has 0 aliphatic heterocycles. The molecular formula is C58H106O22. The molecule has 22 heteroatoms. The van der Waals surface area contributed by atoms with Crippen LogP contribution < -0.4 is 0 Å². The fraction of sp³-hybridized carbons (Fsp3) is 0.897. The van der Waals surface area contributed by atoms with Gasteiger partial charge in [0.1, 0.15) is 61.0 Å². The van der Waals surface area contributed by atoms with E-state index in [-0.39, 0.29) is 44.9 Å². The lowest BCUT2D eigenvalue weighted by atomic mass is 9.93. The summed E-state index contributed by atoms with van der Waals surface area (Å²) in [6.45, 7) is 10.0. The van der Waals surface area contributed by atoms with E-state index in [1.165, 1.54) is 0 Å². The molecule has 0 saturated heterocycles. The molecule has 11 N–H and O–H groups in total. The van der Waals surface area contributed by atoms with Gasteiger partial charge in [-0.1, -0.05) is 105 Å². The second-order valence-corrected chi connectivity index (χ2v) is 21.8. The van der Waals surface area contributed by atoms with Crippen LogP contribution in [-0.4, -0.2) is 190 Å². The number of hydrogen-bond acceptors (Lipinski definition) is 22. The van der Waals surface area contributed by atoms with Gasteiger partial charge in [0.05, 0.1) is 62.8 Å². The van der Waals surface area contributed by atoms with Crippen molar-refractivity contribution in [2.24, 2.45) is 0 Å². The van der Waals surface area contributed by atoms with Crippen LogP contribution in [0.4, 0.5) is 0 Å². The highest BCUT2D eigenvalue weighted by atomic mass is 16.6. The van der Waals surface area contributed by atoms with Crippen molar-refractivity contribution in [3.8, 4) is 0 Å². The standard InChI is InChI=1S/C58H106O22/c1-7-12-17-22-39(61)27-40(62)31-51(68)77-44(23-18-13-8-2)28-41(63)32-52(69)78-45(24-19-14-9-3)29-42(64)33-53(70)79-46(25-20-15-10-4)30-43(65)34-54(71)80-47(26-21-16-11-5)35-48(76-38(6)60)36-49(66)55(72)57(74)58(75)56(73)50(67)37-59/h39-48,50,55-59,61-65,67,72-75H,7-37H2,1-6H3. The van der Waals surface area contributed by atoms with Gasteiger partial charge < -0.3 is 79.9 Å². The topological polar surface area (TPSA) is 371 Å². The van der Waals surface area contributed by atoms with E-state index in [9.17, 15) is 79.8 Å². The van der Waals surface area contributed by atoms with Crippen LogP contribution in [0.3, 0.4) is 0 Å². The lowest BCUT2D eigenvalue weighted by molar-refractivity contribution is -0.162. The molecule has 0 bridgehead atoms. The molecule has 0 heterocycles. The van der Waals surface area contributed by atoms with E-state index in [1.54, 1.807) is 0 Å². The quantitative estimate of drug-likeness (QED) is 0.0226. The van der Waals surface area contributed by atoms with Gasteiger partial charge in [0.15, 0.2) is 5.78 Å². The molecule has 0 aromatic heterocycles. The Hall–Kier alpha value is -3.42. The lowest BCUT2D eigenvalue weighted by Crippen LogP contribution is -2.52. The number of carbonyl (C=O) groups is 6.